The molecule has 1 aromatic heterocycles. The fourth-order valence-corrected chi connectivity index (χ4v) is 1.80. The van der Waals surface area contributed by atoms with Crippen molar-refractivity contribution in [2.75, 3.05) is 0 Å². The second kappa shape index (κ2) is 5.07. The molecule has 0 aliphatic rings. The van der Waals surface area contributed by atoms with Crippen LogP contribution < -0.4 is 5.32 Å². The number of aliphatic hydroxyl groups is 1. The zero-order chi connectivity index (χ0) is 10.6. The molecule has 0 unspecified atom stereocenters. The number of aliphatic hydroxyl groups excluding tert-OH is 1. The predicted octanol–water partition coefficient (Wildman–Crippen LogP) is 0.702. The molecule has 1 heterocycles. The number of rotatable bonds is 4. The number of amides is 1. The quantitative estimate of drug-likeness (QED) is 0.775. The fourth-order valence-electron chi connectivity index (χ4n) is 1.01. The zero-order valence-corrected chi connectivity index (χ0v) is 9.10. The van der Waals surface area contributed by atoms with Crippen LogP contribution in [0.25, 0.3) is 0 Å². The number of carbonyl (C=O) groups is 1. The van der Waals surface area contributed by atoms with Crippen molar-refractivity contribution in [3.8, 4) is 0 Å². The molecule has 5 heteroatoms. The Bertz CT molecular complexity index is 310. The molecule has 14 heavy (non-hydrogen) atoms. The normalized spacial score (nSPS) is 10.6. The van der Waals surface area contributed by atoms with E-state index in [9.17, 15) is 4.79 Å². The summed E-state index contributed by atoms with van der Waals surface area (Å²) in [6.07, 6.45) is 0.294. The maximum Gasteiger partial charge on any atom is 0.227 e. The van der Waals surface area contributed by atoms with Crippen LogP contribution in [0.5, 0.6) is 0 Å². The van der Waals surface area contributed by atoms with Crippen molar-refractivity contribution in [1.29, 1.82) is 0 Å². The minimum Gasteiger partial charge on any atom is -0.390 e. The van der Waals surface area contributed by atoms with Crippen molar-refractivity contribution in [2.24, 2.45) is 0 Å². The van der Waals surface area contributed by atoms with Gasteiger partial charge in [-0.2, -0.15) is 0 Å². The molecule has 2 N–H and O–H groups in total. The molecule has 1 rings (SSSR count). The summed E-state index contributed by atoms with van der Waals surface area (Å²) in [6.45, 7) is 3.76. The highest BCUT2D eigenvalue weighted by Crippen LogP contribution is 2.10. The Hall–Kier alpha value is -0.940. The van der Waals surface area contributed by atoms with Crippen LogP contribution in [0.1, 0.15) is 24.5 Å². The maximum absolute atomic E-state index is 11.3. The van der Waals surface area contributed by atoms with Gasteiger partial charge >= 0.3 is 0 Å². The molecule has 0 radical (unpaired) electrons. The van der Waals surface area contributed by atoms with Crippen molar-refractivity contribution in [2.45, 2.75) is 32.9 Å². The summed E-state index contributed by atoms with van der Waals surface area (Å²) in [7, 11) is 0. The third-order valence-electron chi connectivity index (χ3n) is 1.52. The second-order valence-electron chi connectivity index (χ2n) is 3.29. The molecule has 0 saturated heterocycles. The van der Waals surface area contributed by atoms with Crippen molar-refractivity contribution >= 4 is 17.2 Å². The molecule has 0 aromatic carbocycles. The molecule has 0 spiro atoms. The lowest BCUT2D eigenvalue weighted by Crippen LogP contribution is -2.31. The zero-order valence-electron chi connectivity index (χ0n) is 8.28. The number of carbonyl (C=O) groups excluding carboxylic acids is 1. The number of thiazole rings is 1. The molecule has 4 nitrogen and oxygen atoms in total. The van der Waals surface area contributed by atoms with Gasteiger partial charge in [0, 0.05) is 11.4 Å². The molecule has 0 aliphatic heterocycles. The predicted molar refractivity (Wildman–Crippen MR) is 55.0 cm³/mol. The highest BCUT2D eigenvalue weighted by Gasteiger charge is 2.08. The van der Waals surface area contributed by atoms with Crippen molar-refractivity contribution < 1.29 is 9.90 Å². The number of nitrogens with zero attached hydrogens (tertiary/aromatic N) is 1. The van der Waals surface area contributed by atoms with E-state index in [2.05, 4.69) is 10.3 Å². The van der Waals surface area contributed by atoms with E-state index >= 15 is 0 Å². The average Bonchev–Trinajstić information content (AvgIpc) is 2.50. The molecular formula is C9H14N2O2S. The Morgan fingerprint density at radius 1 is 1.71 bits per heavy atom. The molecule has 1 amide bonds. The first-order valence-electron chi connectivity index (χ1n) is 4.45. The number of aromatic nitrogens is 1. The van der Waals surface area contributed by atoms with Crippen LogP contribution in [-0.4, -0.2) is 22.0 Å². The summed E-state index contributed by atoms with van der Waals surface area (Å²) in [4.78, 5) is 15.4. The molecule has 0 saturated carbocycles. The standard InChI is InChI=1S/C9H14N2O2S/c1-6(2)10-8(13)3-9-11-7(4-12)5-14-9/h5-6,12H,3-4H2,1-2H3,(H,10,13). The number of hydrogen-bond donors (Lipinski definition) is 2. The van der Waals surface area contributed by atoms with Gasteiger partial charge < -0.3 is 10.4 Å². The Balaban J connectivity index is 2.47. The van der Waals surface area contributed by atoms with Crippen LogP contribution in [0, 0.1) is 0 Å². The van der Waals surface area contributed by atoms with E-state index in [-0.39, 0.29) is 18.6 Å². The first kappa shape index (κ1) is 11.1. The second-order valence-corrected chi connectivity index (χ2v) is 4.23. The largest absolute Gasteiger partial charge is 0.390 e. The van der Waals surface area contributed by atoms with Gasteiger partial charge in [0.2, 0.25) is 5.91 Å². The van der Waals surface area contributed by atoms with E-state index in [0.29, 0.717) is 12.1 Å². The Morgan fingerprint density at radius 2 is 2.43 bits per heavy atom. The summed E-state index contributed by atoms with van der Waals surface area (Å²) in [5.41, 5.74) is 0.627. The fraction of sp³-hybridized carbons (Fsp3) is 0.556. The van der Waals surface area contributed by atoms with Gasteiger partial charge in [-0.05, 0) is 13.8 Å². The van der Waals surface area contributed by atoms with Crippen LogP contribution >= 0.6 is 11.3 Å². The molecule has 0 aliphatic carbocycles. The van der Waals surface area contributed by atoms with E-state index in [0.717, 1.165) is 5.01 Å². The van der Waals surface area contributed by atoms with Gasteiger partial charge in [-0.25, -0.2) is 4.98 Å². The summed E-state index contributed by atoms with van der Waals surface area (Å²) >= 11 is 1.40. The summed E-state index contributed by atoms with van der Waals surface area (Å²) < 4.78 is 0. The summed E-state index contributed by atoms with van der Waals surface area (Å²) in [5, 5.41) is 14.1. The van der Waals surface area contributed by atoms with Gasteiger partial charge in [0.05, 0.1) is 18.7 Å². The smallest absolute Gasteiger partial charge is 0.227 e. The number of nitrogens with one attached hydrogen (secondary N) is 1. The lowest BCUT2D eigenvalue weighted by atomic mass is 10.3. The lowest BCUT2D eigenvalue weighted by molar-refractivity contribution is -0.120. The van der Waals surface area contributed by atoms with Crippen LogP contribution in [-0.2, 0) is 17.8 Å². The van der Waals surface area contributed by atoms with Crippen LogP contribution in [0.15, 0.2) is 5.38 Å². The van der Waals surface area contributed by atoms with Gasteiger partial charge in [0.25, 0.3) is 0 Å². The summed E-state index contributed by atoms with van der Waals surface area (Å²) in [5.74, 6) is -0.0289. The minimum absolute atomic E-state index is 0.0289. The Labute approximate surface area is 87.0 Å². The molecule has 78 valence electrons. The minimum atomic E-state index is -0.0672. The van der Waals surface area contributed by atoms with Crippen LogP contribution in [0.2, 0.25) is 0 Å². The third kappa shape index (κ3) is 3.43. The van der Waals surface area contributed by atoms with Gasteiger partial charge in [-0.15, -0.1) is 11.3 Å². The maximum atomic E-state index is 11.3. The highest BCUT2D eigenvalue weighted by atomic mass is 32.1. The van der Waals surface area contributed by atoms with E-state index in [4.69, 9.17) is 5.11 Å². The van der Waals surface area contributed by atoms with Gasteiger partial charge in [-0.3, -0.25) is 4.79 Å². The number of hydrogen-bond acceptors (Lipinski definition) is 4. The first-order valence-corrected chi connectivity index (χ1v) is 5.33. The molecule has 0 bridgehead atoms. The van der Waals surface area contributed by atoms with Gasteiger partial charge in [-0.1, -0.05) is 0 Å². The molecule has 0 fully saturated rings. The van der Waals surface area contributed by atoms with Crippen LogP contribution in [0.3, 0.4) is 0 Å². The van der Waals surface area contributed by atoms with Crippen molar-refractivity contribution in [1.82, 2.24) is 10.3 Å². The molecule has 1 aromatic rings. The van der Waals surface area contributed by atoms with E-state index in [1.165, 1.54) is 11.3 Å². The Morgan fingerprint density at radius 3 is 2.93 bits per heavy atom. The molecule has 0 atom stereocenters. The van der Waals surface area contributed by atoms with Gasteiger partial charge in [0.1, 0.15) is 5.01 Å². The lowest BCUT2D eigenvalue weighted by Gasteiger charge is -2.06. The van der Waals surface area contributed by atoms with Crippen LogP contribution in [0.4, 0.5) is 0 Å². The summed E-state index contributed by atoms with van der Waals surface area (Å²) in [6, 6.07) is 0.153. The average molecular weight is 214 g/mol. The van der Waals surface area contributed by atoms with E-state index in [1.54, 1.807) is 5.38 Å². The Kier molecular flexibility index (Phi) is 4.03. The van der Waals surface area contributed by atoms with Gasteiger partial charge in [0.15, 0.2) is 0 Å². The third-order valence-corrected chi connectivity index (χ3v) is 2.42. The monoisotopic (exact) mass is 214 g/mol. The molecular weight excluding hydrogens is 200 g/mol. The SMILES string of the molecule is CC(C)NC(=O)Cc1nc(CO)cs1. The van der Waals surface area contributed by atoms with E-state index in [1.807, 2.05) is 13.8 Å². The van der Waals surface area contributed by atoms with Crippen molar-refractivity contribution in [3.63, 3.8) is 0 Å². The van der Waals surface area contributed by atoms with E-state index < -0.39 is 0 Å². The highest BCUT2D eigenvalue weighted by molar-refractivity contribution is 7.09. The van der Waals surface area contributed by atoms with Crippen molar-refractivity contribution in [3.05, 3.63) is 16.1 Å². The first-order chi connectivity index (χ1) is 6.61. The topological polar surface area (TPSA) is 62.2 Å².